The predicted molar refractivity (Wildman–Crippen MR) is 57.6 cm³/mol. The Morgan fingerprint density at radius 1 is 1.33 bits per heavy atom. The molecule has 0 bridgehead atoms. The summed E-state index contributed by atoms with van der Waals surface area (Å²) in [4.78, 5) is 11.7. The van der Waals surface area contributed by atoms with E-state index in [-0.39, 0.29) is 5.78 Å². The fourth-order valence-corrected chi connectivity index (χ4v) is 3.14. The molecule has 0 aromatic rings. The van der Waals surface area contributed by atoms with Crippen molar-refractivity contribution < 1.29 is 13.2 Å². The first-order chi connectivity index (χ1) is 6.70. The average molecular weight is 234 g/mol. The lowest BCUT2D eigenvalue weighted by Crippen LogP contribution is -2.58. The van der Waals surface area contributed by atoms with Crippen LogP contribution in [0.1, 0.15) is 26.7 Å². The Hall–Kier alpha value is -0.460. The van der Waals surface area contributed by atoms with Gasteiger partial charge >= 0.3 is 0 Å². The van der Waals surface area contributed by atoms with Crippen molar-refractivity contribution in [2.75, 3.05) is 20.6 Å². The predicted octanol–water partition coefficient (Wildman–Crippen LogP) is 0.236. The zero-order valence-electron chi connectivity index (χ0n) is 9.65. The van der Waals surface area contributed by atoms with Gasteiger partial charge in [-0.1, -0.05) is 0 Å². The molecular weight excluding hydrogens is 216 g/mol. The number of carbonyl (C=O) groups is 1. The number of nitrogens with zero attached hydrogens (tertiary/aromatic N) is 2. The van der Waals surface area contributed by atoms with E-state index in [0.717, 1.165) is 4.31 Å². The topological polar surface area (TPSA) is 57.7 Å². The molecule has 88 valence electrons. The molecule has 6 heteroatoms. The van der Waals surface area contributed by atoms with Gasteiger partial charge in [0, 0.05) is 27.1 Å². The zero-order valence-corrected chi connectivity index (χ0v) is 10.5. The van der Waals surface area contributed by atoms with Gasteiger partial charge in [0.15, 0.2) is 5.78 Å². The van der Waals surface area contributed by atoms with Crippen molar-refractivity contribution in [2.45, 2.75) is 32.2 Å². The normalized spacial score (nSPS) is 23.4. The second kappa shape index (κ2) is 3.84. The van der Waals surface area contributed by atoms with Crippen LogP contribution in [0.3, 0.4) is 0 Å². The summed E-state index contributed by atoms with van der Waals surface area (Å²) in [6.45, 7) is 3.74. The Kier molecular flexibility index (Phi) is 3.23. The van der Waals surface area contributed by atoms with E-state index in [1.54, 1.807) is 13.8 Å². The highest BCUT2D eigenvalue weighted by atomic mass is 32.2. The van der Waals surface area contributed by atoms with Crippen molar-refractivity contribution in [1.82, 2.24) is 8.61 Å². The van der Waals surface area contributed by atoms with Crippen LogP contribution < -0.4 is 0 Å². The summed E-state index contributed by atoms with van der Waals surface area (Å²) >= 11 is 0. The summed E-state index contributed by atoms with van der Waals surface area (Å²) in [5.74, 6) is -0.0147. The summed E-state index contributed by atoms with van der Waals surface area (Å²) < 4.78 is 26.3. The van der Waals surface area contributed by atoms with Gasteiger partial charge in [-0.3, -0.25) is 4.79 Å². The summed E-state index contributed by atoms with van der Waals surface area (Å²) in [6, 6.07) is 0. The number of hydrogen-bond donors (Lipinski definition) is 0. The number of piperidine rings is 1. The van der Waals surface area contributed by atoms with Crippen molar-refractivity contribution in [2.24, 2.45) is 0 Å². The highest BCUT2D eigenvalue weighted by Gasteiger charge is 2.44. The van der Waals surface area contributed by atoms with Crippen molar-refractivity contribution in [3.8, 4) is 0 Å². The number of ketones is 1. The van der Waals surface area contributed by atoms with Crippen LogP contribution in [0.4, 0.5) is 0 Å². The highest BCUT2D eigenvalue weighted by Crippen LogP contribution is 2.27. The third-order valence-corrected chi connectivity index (χ3v) is 4.93. The van der Waals surface area contributed by atoms with Crippen LogP contribution in [0, 0.1) is 0 Å². The van der Waals surface area contributed by atoms with Crippen LogP contribution in [0.15, 0.2) is 0 Å². The molecule has 1 rings (SSSR count). The Bertz CT molecular complexity index is 360. The maximum Gasteiger partial charge on any atom is 0.282 e. The molecule has 5 nitrogen and oxygen atoms in total. The van der Waals surface area contributed by atoms with E-state index >= 15 is 0 Å². The average Bonchev–Trinajstić information content (AvgIpc) is 2.09. The molecule has 0 aliphatic carbocycles. The van der Waals surface area contributed by atoms with E-state index in [9.17, 15) is 13.2 Å². The second-order valence-electron chi connectivity index (χ2n) is 4.45. The molecule has 0 spiro atoms. The van der Waals surface area contributed by atoms with E-state index in [0.29, 0.717) is 19.4 Å². The molecule has 0 saturated carbocycles. The second-order valence-corrected chi connectivity index (χ2v) is 6.51. The Balaban J connectivity index is 3.10. The van der Waals surface area contributed by atoms with Crippen LogP contribution in [0.2, 0.25) is 0 Å². The van der Waals surface area contributed by atoms with Gasteiger partial charge in [0.1, 0.15) is 0 Å². The fourth-order valence-electron chi connectivity index (χ4n) is 1.71. The summed E-state index contributed by atoms with van der Waals surface area (Å²) in [5, 5.41) is 0. The third kappa shape index (κ3) is 2.07. The first-order valence-corrected chi connectivity index (χ1v) is 6.34. The van der Waals surface area contributed by atoms with Gasteiger partial charge in [-0.2, -0.15) is 17.0 Å². The van der Waals surface area contributed by atoms with Crippen molar-refractivity contribution >= 4 is 16.0 Å². The minimum atomic E-state index is -3.49. The molecule has 0 radical (unpaired) electrons. The van der Waals surface area contributed by atoms with Crippen LogP contribution in [0.5, 0.6) is 0 Å². The van der Waals surface area contributed by atoms with Gasteiger partial charge in [-0.05, 0) is 20.3 Å². The lowest BCUT2D eigenvalue weighted by Gasteiger charge is -2.40. The van der Waals surface area contributed by atoms with Crippen LogP contribution in [0.25, 0.3) is 0 Å². The first kappa shape index (κ1) is 12.6. The maximum absolute atomic E-state index is 11.9. The standard InChI is InChI=1S/C9H18N2O3S/c1-9(2)8(12)6-5-7-11(9)15(13,14)10(3)4/h5-7H2,1-4H3. The molecule has 1 saturated heterocycles. The van der Waals surface area contributed by atoms with Crippen LogP contribution in [-0.4, -0.2) is 49.0 Å². The fraction of sp³-hybridized carbons (Fsp3) is 0.889. The lowest BCUT2D eigenvalue weighted by molar-refractivity contribution is -0.129. The van der Waals surface area contributed by atoms with Gasteiger partial charge in [-0.25, -0.2) is 0 Å². The molecule has 1 fully saturated rings. The van der Waals surface area contributed by atoms with E-state index in [1.807, 2.05) is 0 Å². The molecule has 1 aliphatic heterocycles. The van der Waals surface area contributed by atoms with Gasteiger partial charge in [-0.15, -0.1) is 0 Å². The van der Waals surface area contributed by atoms with Crippen LogP contribution in [-0.2, 0) is 15.0 Å². The number of carbonyl (C=O) groups excluding carboxylic acids is 1. The van der Waals surface area contributed by atoms with Gasteiger partial charge in [0.05, 0.1) is 5.54 Å². The van der Waals surface area contributed by atoms with Gasteiger partial charge < -0.3 is 0 Å². The minimum Gasteiger partial charge on any atom is -0.298 e. The first-order valence-electron chi connectivity index (χ1n) is 4.94. The third-order valence-electron chi connectivity index (χ3n) is 2.81. The zero-order chi connectivity index (χ0) is 11.9. The molecule has 0 aromatic heterocycles. The summed E-state index contributed by atoms with van der Waals surface area (Å²) in [5.41, 5.74) is -0.915. The molecular formula is C9H18N2O3S. The molecule has 1 aliphatic rings. The summed E-state index contributed by atoms with van der Waals surface area (Å²) in [6.07, 6.45) is 1.07. The number of hydrogen-bond acceptors (Lipinski definition) is 3. The molecule has 1 heterocycles. The molecule has 15 heavy (non-hydrogen) atoms. The maximum atomic E-state index is 11.9. The quantitative estimate of drug-likeness (QED) is 0.687. The number of rotatable bonds is 2. The lowest BCUT2D eigenvalue weighted by atomic mass is 9.92. The van der Waals surface area contributed by atoms with Gasteiger partial charge in [0.2, 0.25) is 0 Å². The van der Waals surface area contributed by atoms with E-state index in [4.69, 9.17) is 0 Å². The SMILES string of the molecule is CN(C)S(=O)(=O)N1CCCC(=O)C1(C)C. The van der Waals surface area contributed by atoms with Crippen molar-refractivity contribution in [3.05, 3.63) is 0 Å². The smallest absolute Gasteiger partial charge is 0.282 e. The molecule has 0 atom stereocenters. The Morgan fingerprint density at radius 2 is 1.87 bits per heavy atom. The van der Waals surface area contributed by atoms with E-state index < -0.39 is 15.7 Å². The van der Waals surface area contributed by atoms with Crippen molar-refractivity contribution in [3.63, 3.8) is 0 Å². The number of Topliss-reactive ketones (excluding diaryl/α,β-unsaturated/α-hetero) is 1. The Labute approximate surface area is 91.2 Å². The van der Waals surface area contributed by atoms with E-state index in [2.05, 4.69) is 0 Å². The minimum absolute atomic E-state index is 0.0147. The van der Waals surface area contributed by atoms with Gasteiger partial charge in [0.25, 0.3) is 10.2 Å². The molecule has 0 N–H and O–H groups in total. The highest BCUT2D eigenvalue weighted by molar-refractivity contribution is 7.86. The van der Waals surface area contributed by atoms with Crippen LogP contribution >= 0.6 is 0 Å². The molecule has 0 aromatic carbocycles. The largest absolute Gasteiger partial charge is 0.298 e. The molecule has 0 unspecified atom stereocenters. The monoisotopic (exact) mass is 234 g/mol. The Morgan fingerprint density at radius 3 is 2.33 bits per heavy atom. The molecule has 0 amide bonds. The van der Waals surface area contributed by atoms with Crippen molar-refractivity contribution in [1.29, 1.82) is 0 Å². The summed E-state index contributed by atoms with van der Waals surface area (Å²) in [7, 11) is -0.541. The van der Waals surface area contributed by atoms with E-state index in [1.165, 1.54) is 18.4 Å².